The first kappa shape index (κ1) is 13.8. The van der Waals surface area contributed by atoms with Crippen LogP contribution in [0.3, 0.4) is 0 Å². The van der Waals surface area contributed by atoms with E-state index in [2.05, 4.69) is 4.98 Å². The van der Waals surface area contributed by atoms with E-state index in [1.165, 1.54) is 0 Å². The second-order valence-electron chi connectivity index (χ2n) is 4.37. The molecule has 9 heteroatoms. The molecule has 0 aromatic carbocycles. The first-order chi connectivity index (χ1) is 8.74. The number of hydrogen-bond acceptors (Lipinski definition) is 4. The molecule has 1 aliphatic rings. The molecular weight excluding hydrogens is 280 g/mol. The van der Waals surface area contributed by atoms with Crippen LogP contribution in [0.2, 0.25) is 0 Å². The van der Waals surface area contributed by atoms with Crippen LogP contribution < -0.4 is 10.0 Å². The molecule has 1 amide bonds. The zero-order valence-corrected chi connectivity index (χ0v) is 10.5. The largest absolute Gasteiger partial charge is 0.312 e. The van der Waals surface area contributed by atoms with Crippen LogP contribution >= 0.6 is 0 Å². The Hall–Kier alpha value is -1.61. The van der Waals surface area contributed by atoms with Crippen molar-refractivity contribution in [3.63, 3.8) is 0 Å². The maximum absolute atomic E-state index is 13.0. The molecule has 0 spiro atoms. The van der Waals surface area contributed by atoms with E-state index < -0.39 is 33.7 Å². The van der Waals surface area contributed by atoms with Gasteiger partial charge in [-0.3, -0.25) is 4.79 Å². The quantitative estimate of drug-likeness (QED) is 0.793. The molecule has 1 unspecified atom stereocenters. The number of rotatable bonds is 3. The molecule has 104 valence electrons. The number of amides is 1. The average molecular weight is 291 g/mol. The molecule has 1 aromatic heterocycles. The van der Waals surface area contributed by atoms with Gasteiger partial charge in [0.15, 0.2) is 0 Å². The first-order valence-corrected chi connectivity index (χ1v) is 7.10. The summed E-state index contributed by atoms with van der Waals surface area (Å²) in [5.41, 5.74) is 0.0203. The minimum atomic E-state index is -3.69. The highest BCUT2D eigenvalue weighted by Gasteiger charge is 2.33. The van der Waals surface area contributed by atoms with Gasteiger partial charge >= 0.3 is 0 Å². The third-order valence-electron chi connectivity index (χ3n) is 2.73. The molecule has 0 radical (unpaired) electrons. The van der Waals surface area contributed by atoms with Gasteiger partial charge in [0.05, 0.1) is 11.4 Å². The van der Waals surface area contributed by atoms with Crippen molar-refractivity contribution < 1.29 is 22.0 Å². The second-order valence-corrected chi connectivity index (χ2v) is 6.03. The highest BCUT2D eigenvalue weighted by Crippen LogP contribution is 2.26. The number of hydrogen-bond donors (Lipinski definition) is 1. The fourth-order valence-corrected chi connectivity index (χ4v) is 2.96. The minimum Gasteiger partial charge on any atom is -0.312 e. The number of pyridine rings is 1. The maximum atomic E-state index is 13.0. The molecule has 1 atom stereocenters. The molecule has 0 aliphatic carbocycles. The Morgan fingerprint density at radius 3 is 2.47 bits per heavy atom. The van der Waals surface area contributed by atoms with E-state index in [-0.39, 0.29) is 24.4 Å². The first-order valence-electron chi connectivity index (χ1n) is 5.38. The summed E-state index contributed by atoms with van der Waals surface area (Å²) < 4.78 is 47.9. The monoisotopic (exact) mass is 291 g/mol. The van der Waals surface area contributed by atoms with Gasteiger partial charge < -0.3 is 4.90 Å². The highest BCUT2D eigenvalue weighted by molar-refractivity contribution is 7.89. The third kappa shape index (κ3) is 3.44. The fraction of sp³-hybridized carbons (Fsp3) is 0.400. The van der Waals surface area contributed by atoms with Crippen LogP contribution in [0.5, 0.6) is 0 Å². The van der Waals surface area contributed by atoms with Gasteiger partial charge in [0.1, 0.15) is 0 Å². The number of halogens is 2. The topological polar surface area (TPSA) is 93.4 Å². The van der Waals surface area contributed by atoms with Crippen LogP contribution in [-0.4, -0.2) is 31.6 Å². The van der Waals surface area contributed by atoms with Gasteiger partial charge in [-0.15, -0.1) is 0 Å². The molecule has 2 heterocycles. The lowest BCUT2D eigenvalue weighted by molar-refractivity contribution is -0.117. The van der Waals surface area contributed by atoms with Crippen molar-refractivity contribution in [2.45, 2.75) is 6.42 Å². The van der Waals surface area contributed by atoms with E-state index in [1.54, 1.807) is 0 Å². The summed E-state index contributed by atoms with van der Waals surface area (Å²) in [5.74, 6) is -3.32. The van der Waals surface area contributed by atoms with Gasteiger partial charge in [0.25, 0.3) is 0 Å². The number of nitrogens with two attached hydrogens (primary N) is 1. The average Bonchev–Trinajstić information content (AvgIpc) is 2.54. The third-order valence-corrected chi connectivity index (χ3v) is 3.67. The van der Waals surface area contributed by atoms with Crippen molar-refractivity contribution in [1.29, 1.82) is 0 Å². The standard InChI is InChI=1S/C10H11F2N3O3S/c11-8-2-7(3-9(12)14-8)15-4-6(1-10(15)16)5-19(13,17)18/h2-3,6H,1,4-5H2,(H2,13,17,18). The van der Waals surface area contributed by atoms with Gasteiger partial charge in [-0.25, -0.2) is 13.6 Å². The van der Waals surface area contributed by atoms with Crippen LogP contribution in [0.15, 0.2) is 12.1 Å². The summed E-state index contributed by atoms with van der Waals surface area (Å²) in [6.07, 6.45) is -0.0258. The number of sulfonamides is 1. The van der Waals surface area contributed by atoms with E-state index in [1.807, 2.05) is 0 Å². The number of carbonyl (C=O) groups excluding carboxylic acids is 1. The van der Waals surface area contributed by atoms with Crippen LogP contribution in [0.25, 0.3) is 0 Å². The lowest BCUT2D eigenvalue weighted by Gasteiger charge is -2.16. The predicted octanol–water partition coefficient (Wildman–Crippen LogP) is 0.00120. The van der Waals surface area contributed by atoms with E-state index in [0.717, 1.165) is 17.0 Å². The van der Waals surface area contributed by atoms with Crippen molar-refractivity contribution in [2.24, 2.45) is 11.1 Å². The Morgan fingerprint density at radius 1 is 1.37 bits per heavy atom. The highest BCUT2D eigenvalue weighted by atomic mass is 32.2. The van der Waals surface area contributed by atoms with Gasteiger partial charge in [-0.2, -0.15) is 13.8 Å². The molecule has 6 nitrogen and oxygen atoms in total. The number of anilines is 1. The molecule has 1 aromatic rings. The number of nitrogens with zero attached hydrogens (tertiary/aromatic N) is 2. The lowest BCUT2D eigenvalue weighted by Crippen LogP contribution is -2.27. The Bertz CT molecular complexity index is 600. The van der Waals surface area contributed by atoms with Gasteiger partial charge in [0.2, 0.25) is 27.8 Å². The second kappa shape index (κ2) is 4.82. The lowest BCUT2D eigenvalue weighted by atomic mass is 10.1. The molecule has 1 fully saturated rings. The molecule has 0 bridgehead atoms. The number of aromatic nitrogens is 1. The van der Waals surface area contributed by atoms with E-state index in [4.69, 9.17) is 5.14 Å². The van der Waals surface area contributed by atoms with Gasteiger partial charge in [-0.05, 0) is 0 Å². The van der Waals surface area contributed by atoms with Crippen LogP contribution in [0, 0.1) is 17.8 Å². The van der Waals surface area contributed by atoms with Crippen LogP contribution in [0.4, 0.5) is 14.5 Å². The van der Waals surface area contributed by atoms with Crippen molar-refractivity contribution in [2.75, 3.05) is 17.2 Å². The van der Waals surface area contributed by atoms with Gasteiger partial charge in [0, 0.05) is 31.0 Å². The Kier molecular flexibility index (Phi) is 3.50. The SMILES string of the molecule is NS(=O)(=O)CC1CC(=O)N(c2cc(F)nc(F)c2)C1. The summed E-state index contributed by atoms with van der Waals surface area (Å²) in [7, 11) is -3.69. The van der Waals surface area contributed by atoms with Crippen molar-refractivity contribution >= 4 is 21.6 Å². The van der Waals surface area contributed by atoms with Crippen molar-refractivity contribution in [3.05, 3.63) is 24.0 Å². The van der Waals surface area contributed by atoms with E-state index in [0.29, 0.717) is 0 Å². The van der Waals surface area contributed by atoms with E-state index >= 15 is 0 Å². The predicted molar refractivity (Wildman–Crippen MR) is 62.6 cm³/mol. The van der Waals surface area contributed by atoms with Crippen LogP contribution in [-0.2, 0) is 14.8 Å². The molecule has 1 saturated heterocycles. The normalized spacial score (nSPS) is 20.1. The van der Waals surface area contributed by atoms with E-state index in [9.17, 15) is 22.0 Å². The van der Waals surface area contributed by atoms with Crippen molar-refractivity contribution in [1.82, 2.24) is 4.98 Å². The Balaban J connectivity index is 2.20. The number of primary sulfonamides is 1. The number of carbonyl (C=O) groups is 1. The summed E-state index contributed by atoms with van der Waals surface area (Å²) in [5, 5.41) is 4.91. The van der Waals surface area contributed by atoms with Crippen LogP contribution in [0.1, 0.15) is 6.42 Å². The Labute approximate surface area is 108 Å². The van der Waals surface area contributed by atoms with Gasteiger partial charge in [-0.1, -0.05) is 0 Å². The molecule has 2 rings (SSSR count). The zero-order valence-electron chi connectivity index (χ0n) is 9.71. The summed E-state index contributed by atoms with van der Waals surface area (Å²) in [6.45, 7) is 0.0537. The maximum Gasteiger partial charge on any atom is 0.227 e. The Morgan fingerprint density at radius 2 is 1.95 bits per heavy atom. The molecule has 0 saturated carbocycles. The fourth-order valence-electron chi connectivity index (χ4n) is 2.08. The molecular formula is C10H11F2N3O3S. The summed E-state index contributed by atoms with van der Waals surface area (Å²) >= 11 is 0. The molecule has 2 N–H and O–H groups in total. The molecule has 19 heavy (non-hydrogen) atoms. The smallest absolute Gasteiger partial charge is 0.227 e. The summed E-state index contributed by atoms with van der Waals surface area (Å²) in [6, 6.07) is 1.83. The summed E-state index contributed by atoms with van der Waals surface area (Å²) in [4.78, 5) is 15.8. The van der Waals surface area contributed by atoms with Crippen molar-refractivity contribution in [3.8, 4) is 0 Å². The minimum absolute atomic E-state index is 0.0203. The zero-order chi connectivity index (χ0) is 14.2. The molecule has 1 aliphatic heterocycles.